The fourth-order valence-electron chi connectivity index (χ4n) is 3.14. The summed E-state index contributed by atoms with van der Waals surface area (Å²) in [5, 5.41) is 8.77. The van der Waals surface area contributed by atoms with E-state index in [1.807, 2.05) is 16.5 Å². The van der Waals surface area contributed by atoms with E-state index in [1.165, 1.54) is 17.3 Å². The van der Waals surface area contributed by atoms with Crippen LogP contribution in [0.4, 0.5) is 0 Å². The van der Waals surface area contributed by atoms with Crippen molar-refractivity contribution in [3.05, 3.63) is 41.2 Å². The van der Waals surface area contributed by atoms with Crippen molar-refractivity contribution in [1.29, 1.82) is 0 Å². The third-order valence-electron chi connectivity index (χ3n) is 4.60. The van der Waals surface area contributed by atoms with Gasteiger partial charge in [0.1, 0.15) is 11.1 Å². The summed E-state index contributed by atoms with van der Waals surface area (Å²) in [6, 6.07) is 8.18. The van der Waals surface area contributed by atoms with E-state index in [2.05, 4.69) is 46.8 Å². The second kappa shape index (κ2) is 6.68. The number of hydrogen-bond donors (Lipinski definition) is 1. The number of hydrogen-bond acceptors (Lipinski definition) is 6. The molecule has 7 nitrogen and oxygen atoms in total. The highest BCUT2D eigenvalue weighted by molar-refractivity contribution is 8.00. The van der Waals surface area contributed by atoms with Gasteiger partial charge in [-0.2, -0.15) is 0 Å². The molecule has 2 aliphatic heterocycles. The van der Waals surface area contributed by atoms with Gasteiger partial charge in [-0.05, 0) is 19.4 Å². The zero-order valence-electron chi connectivity index (χ0n) is 14.3. The van der Waals surface area contributed by atoms with Crippen LogP contribution in [0.5, 0.6) is 0 Å². The molecule has 1 aromatic heterocycles. The van der Waals surface area contributed by atoms with Gasteiger partial charge in [0.05, 0.1) is 19.3 Å². The Bertz CT molecular complexity index is 770. The predicted molar refractivity (Wildman–Crippen MR) is 95.1 cm³/mol. The minimum atomic E-state index is -0.281. The SMILES string of the molecule is Cc1ccc([C@@H]2Nn3c(C)nnc3S[C@@H]2C(=O)N2CCOCC2)cc1. The molecule has 1 aromatic carbocycles. The van der Waals surface area contributed by atoms with E-state index in [9.17, 15) is 4.79 Å². The van der Waals surface area contributed by atoms with Crippen molar-refractivity contribution in [1.82, 2.24) is 19.8 Å². The number of aromatic nitrogens is 3. The van der Waals surface area contributed by atoms with Crippen molar-refractivity contribution in [3.8, 4) is 0 Å². The van der Waals surface area contributed by atoms with E-state index in [0.717, 1.165) is 16.5 Å². The van der Waals surface area contributed by atoms with Crippen LogP contribution in [0.15, 0.2) is 29.4 Å². The van der Waals surface area contributed by atoms with Gasteiger partial charge in [0, 0.05) is 13.1 Å². The largest absolute Gasteiger partial charge is 0.378 e. The Labute approximate surface area is 150 Å². The number of aryl methyl sites for hydroxylation is 2. The van der Waals surface area contributed by atoms with Crippen molar-refractivity contribution < 1.29 is 9.53 Å². The molecule has 0 bridgehead atoms. The van der Waals surface area contributed by atoms with Crippen LogP contribution in [0.25, 0.3) is 0 Å². The van der Waals surface area contributed by atoms with Gasteiger partial charge in [-0.15, -0.1) is 10.2 Å². The van der Waals surface area contributed by atoms with Crippen molar-refractivity contribution >= 4 is 17.7 Å². The first-order valence-electron chi connectivity index (χ1n) is 8.42. The molecule has 2 atom stereocenters. The van der Waals surface area contributed by atoms with Crippen LogP contribution in [0, 0.1) is 13.8 Å². The maximum Gasteiger partial charge on any atom is 0.238 e. The number of carbonyl (C=O) groups is 1. The summed E-state index contributed by atoms with van der Waals surface area (Å²) in [5.74, 6) is 0.912. The maximum absolute atomic E-state index is 13.2. The molecule has 2 aromatic rings. The molecule has 4 rings (SSSR count). The number of amides is 1. The minimum Gasteiger partial charge on any atom is -0.378 e. The third kappa shape index (κ3) is 3.11. The number of benzene rings is 1. The van der Waals surface area contributed by atoms with Gasteiger partial charge in [0.15, 0.2) is 0 Å². The Morgan fingerprint density at radius 2 is 1.92 bits per heavy atom. The normalized spacial score (nSPS) is 23.0. The van der Waals surface area contributed by atoms with Crippen molar-refractivity contribution in [2.75, 3.05) is 31.7 Å². The Kier molecular flexibility index (Phi) is 4.39. The van der Waals surface area contributed by atoms with E-state index in [0.29, 0.717) is 26.3 Å². The van der Waals surface area contributed by atoms with E-state index >= 15 is 0 Å². The molecule has 25 heavy (non-hydrogen) atoms. The van der Waals surface area contributed by atoms with Crippen LogP contribution >= 0.6 is 11.8 Å². The number of thioether (sulfide) groups is 1. The number of fused-ring (bicyclic) bond motifs is 1. The average molecular weight is 359 g/mol. The molecule has 1 amide bonds. The van der Waals surface area contributed by atoms with Gasteiger partial charge in [-0.3, -0.25) is 4.79 Å². The van der Waals surface area contributed by atoms with E-state index < -0.39 is 0 Å². The first-order chi connectivity index (χ1) is 12.1. The molecular formula is C17H21N5O2S. The molecule has 0 saturated carbocycles. The highest BCUT2D eigenvalue weighted by atomic mass is 32.2. The van der Waals surface area contributed by atoms with Crippen LogP contribution in [0.1, 0.15) is 23.0 Å². The van der Waals surface area contributed by atoms with Crippen LogP contribution in [-0.4, -0.2) is 57.2 Å². The van der Waals surface area contributed by atoms with Gasteiger partial charge in [0.2, 0.25) is 11.1 Å². The summed E-state index contributed by atoms with van der Waals surface area (Å²) < 4.78 is 7.25. The highest BCUT2D eigenvalue weighted by Gasteiger charge is 2.39. The summed E-state index contributed by atoms with van der Waals surface area (Å²) in [4.78, 5) is 15.1. The molecule has 1 N–H and O–H groups in total. The summed E-state index contributed by atoms with van der Waals surface area (Å²) in [6.07, 6.45) is 0. The Hall–Kier alpha value is -2.06. The molecule has 0 unspecified atom stereocenters. The molecule has 3 heterocycles. The topological polar surface area (TPSA) is 72.3 Å². The third-order valence-corrected chi connectivity index (χ3v) is 5.80. The standard InChI is InChI=1S/C17H21N5O2S/c1-11-3-5-13(6-4-11)14-15(16(23)21-7-9-24-10-8-21)25-17-19-18-12(2)22(17)20-14/h3-6,14-15,20H,7-10H2,1-2H3/t14-,15-/m0/s1. The number of ether oxygens (including phenoxy) is 1. The minimum absolute atomic E-state index is 0.123. The van der Waals surface area contributed by atoms with Crippen LogP contribution in [0.3, 0.4) is 0 Å². The lowest BCUT2D eigenvalue weighted by Crippen LogP contribution is -2.49. The van der Waals surface area contributed by atoms with E-state index in [-0.39, 0.29) is 17.2 Å². The lowest BCUT2D eigenvalue weighted by Gasteiger charge is -2.37. The number of nitrogens with zero attached hydrogens (tertiary/aromatic N) is 4. The van der Waals surface area contributed by atoms with Gasteiger partial charge in [-0.1, -0.05) is 41.6 Å². The number of carbonyl (C=O) groups excluding carboxylic acids is 1. The van der Waals surface area contributed by atoms with Crippen molar-refractivity contribution in [2.45, 2.75) is 30.3 Å². The summed E-state index contributed by atoms with van der Waals surface area (Å²) in [5.41, 5.74) is 5.73. The Balaban J connectivity index is 1.68. The first-order valence-corrected chi connectivity index (χ1v) is 9.30. The molecule has 0 aliphatic carbocycles. The fraction of sp³-hybridized carbons (Fsp3) is 0.471. The molecular weight excluding hydrogens is 338 g/mol. The van der Waals surface area contributed by atoms with Crippen LogP contribution in [-0.2, 0) is 9.53 Å². The molecule has 8 heteroatoms. The monoisotopic (exact) mass is 359 g/mol. The fourth-order valence-corrected chi connectivity index (χ4v) is 4.35. The van der Waals surface area contributed by atoms with Crippen molar-refractivity contribution in [2.24, 2.45) is 0 Å². The van der Waals surface area contributed by atoms with Gasteiger partial charge >= 0.3 is 0 Å². The van der Waals surface area contributed by atoms with Crippen LogP contribution < -0.4 is 5.43 Å². The Morgan fingerprint density at radius 1 is 1.20 bits per heavy atom. The van der Waals surface area contributed by atoms with E-state index in [1.54, 1.807) is 0 Å². The molecule has 0 spiro atoms. The molecule has 2 aliphatic rings. The molecule has 132 valence electrons. The lowest BCUT2D eigenvalue weighted by atomic mass is 10.0. The van der Waals surface area contributed by atoms with E-state index in [4.69, 9.17) is 4.74 Å². The second-order valence-electron chi connectivity index (χ2n) is 6.36. The maximum atomic E-state index is 13.2. The number of morpholine rings is 1. The average Bonchev–Trinajstić information content (AvgIpc) is 3.02. The van der Waals surface area contributed by atoms with Gasteiger partial charge in [-0.25, -0.2) is 4.68 Å². The van der Waals surface area contributed by atoms with Gasteiger partial charge in [0.25, 0.3) is 0 Å². The number of nitrogens with one attached hydrogen (secondary N) is 1. The quantitative estimate of drug-likeness (QED) is 0.876. The smallest absolute Gasteiger partial charge is 0.238 e. The predicted octanol–water partition coefficient (Wildman–Crippen LogP) is 1.51. The second-order valence-corrected chi connectivity index (χ2v) is 7.47. The molecule has 1 fully saturated rings. The molecule has 1 saturated heterocycles. The number of rotatable bonds is 2. The summed E-state index contributed by atoms with van der Waals surface area (Å²) in [6.45, 7) is 6.44. The summed E-state index contributed by atoms with van der Waals surface area (Å²) >= 11 is 1.48. The zero-order chi connectivity index (χ0) is 17.4. The van der Waals surface area contributed by atoms with Crippen molar-refractivity contribution in [3.63, 3.8) is 0 Å². The zero-order valence-corrected chi connectivity index (χ0v) is 15.1. The highest BCUT2D eigenvalue weighted by Crippen LogP contribution is 2.38. The van der Waals surface area contributed by atoms with Gasteiger partial charge < -0.3 is 15.1 Å². The first kappa shape index (κ1) is 16.4. The van der Waals surface area contributed by atoms with Crippen LogP contribution in [0.2, 0.25) is 0 Å². The Morgan fingerprint density at radius 3 is 2.64 bits per heavy atom. The lowest BCUT2D eigenvalue weighted by molar-refractivity contribution is -0.135. The summed E-state index contributed by atoms with van der Waals surface area (Å²) in [7, 11) is 0. The molecule has 0 radical (unpaired) electrons.